The summed E-state index contributed by atoms with van der Waals surface area (Å²) in [5.41, 5.74) is 0.948. The molecule has 0 spiro atoms. The van der Waals surface area contributed by atoms with Gasteiger partial charge in [0.15, 0.2) is 0 Å². The maximum atomic E-state index is 11.9. The average molecular weight is 250 g/mol. The highest BCUT2D eigenvalue weighted by Crippen LogP contribution is 2.18. The standard InChI is InChI=1S/C13H18N2O3/c1-17-13(16)12(11-2-4-14-5-3-11)10-15-6-8-18-9-7-15/h2-5,12H,6-10H2,1H3. The van der Waals surface area contributed by atoms with Crippen LogP contribution in [0.5, 0.6) is 0 Å². The number of pyridine rings is 1. The van der Waals surface area contributed by atoms with Gasteiger partial charge in [0.1, 0.15) is 0 Å². The lowest BCUT2D eigenvalue weighted by Crippen LogP contribution is -2.40. The molecule has 2 heterocycles. The van der Waals surface area contributed by atoms with Crippen molar-refractivity contribution in [2.75, 3.05) is 40.0 Å². The first-order valence-electron chi connectivity index (χ1n) is 6.09. The molecule has 18 heavy (non-hydrogen) atoms. The van der Waals surface area contributed by atoms with Gasteiger partial charge in [0, 0.05) is 32.0 Å². The van der Waals surface area contributed by atoms with Gasteiger partial charge in [-0.05, 0) is 17.7 Å². The summed E-state index contributed by atoms with van der Waals surface area (Å²) in [6.45, 7) is 3.84. The molecule has 1 aliphatic heterocycles. The molecule has 1 aromatic heterocycles. The van der Waals surface area contributed by atoms with Crippen LogP contribution in [0.4, 0.5) is 0 Å². The first-order chi connectivity index (χ1) is 8.81. The molecule has 0 aliphatic carbocycles. The largest absolute Gasteiger partial charge is 0.469 e. The van der Waals surface area contributed by atoms with Crippen molar-refractivity contribution < 1.29 is 14.3 Å². The van der Waals surface area contributed by atoms with E-state index >= 15 is 0 Å². The number of hydrogen-bond donors (Lipinski definition) is 0. The zero-order valence-electron chi connectivity index (χ0n) is 10.5. The van der Waals surface area contributed by atoms with E-state index in [1.807, 2.05) is 12.1 Å². The van der Waals surface area contributed by atoms with Crippen LogP contribution in [-0.2, 0) is 14.3 Å². The van der Waals surface area contributed by atoms with Crippen molar-refractivity contribution in [2.45, 2.75) is 5.92 Å². The topological polar surface area (TPSA) is 51.7 Å². The van der Waals surface area contributed by atoms with Crippen molar-refractivity contribution in [3.63, 3.8) is 0 Å². The van der Waals surface area contributed by atoms with E-state index in [1.54, 1.807) is 12.4 Å². The minimum Gasteiger partial charge on any atom is -0.469 e. The predicted molar refractivity (Wildman–Crippen MR) is 66.3 cm³/mol. The Kier molecular flexibility index (Phi) is 4.66. The van der Waals surface area contributed by atoms with E-state index < -0.39 is 0 Å². The Hall–Kier alpha value is -1.46. The Bertz CT molecular complexity index is 377. The third kappa shape index (κ3) is 3.27. The van der Waals surface area contributed by atoms with Crippen LogP contribution in [0.15, 0.2) is 24.5 Å². The molecular formula is C13H18N2O3. The van der Waals surface area contributed by atoms with Gasteiger partial charge in [0.25, 0.3) is 0 Å². The molecule has 98 valence electrons. The minimum atomic E-state index is -0.254. The summed E-state index contributed by atoms with van der Waals surface area (Å²) in [4.78, 5) is 18.1. The van der Waals surface area contributed by atoms with Crippen LogP contribution in [0.25, 0.3) is 0 Å². The molecule has 1 aliphatic rings. The fraction of sp³-hybridized carbons (Fsp3) is 0.538. The van der Waals surface area contributed by atoms with Crippen LogP contribution in [0, 0.1) is 0 Å². The number of aromatic nitrogens is 1. The predicted octanol–water partition coefficient (Wildman–Crippen LogP) is 0.670. The van der Waals surface area contributed by atoms with Crippen molar-refractivity contribution in [3.05, 3.63) is 30.1 Å². The van der Waals surface area contributed by atoms with E-state index in [2.05, 4.69) is 9.88 Å². The Morgan fingerprint density at radius 3 is 2.72 bits per heavy atom. The fourth-order valence-corrected chi connectivity index (χ4v) is 2.10. The maximum Gasteiger partial charge on any atom is 0.314 e. The molecule has 0 saturated carbocycles. The van der Waals surface area contributed by atoms with E-state index in [4.69, 9.17) is 9.47 Å². The summed E-state index contributed by atoms with van der Waals surface area (Å²) < 4.78 is 10.2. The normalized spacial score (nSPS) is 18.3. The number of rotatable bonds is 4. The second-order valence-electron chi connectivity index (χ2n) is 4.27. The summed E-state index contributed by atoms with van der Waals surface area (Å²) in [7, 11) is 1.43. The lowest BCUT2D eigenvalue weighted by Gasteiger charge is -2.29. The van der Waals surface area contributed by atoms with E-state index in [0.29, 0.717) is 6.54 Å². The first-order valence-corrected chi connectivity index (χ1v) is 6.09. The van der Waals surface area contributed by atoms with E-state index in [9.17, 15) is 4.79 Å². The van der Waals surface area contributed by atoms with Crippen LogP contribution < -0.4 is 0 Å². The monoisotopic (exact) mass is 250 g/mol. The fourth-order valence-electron chi connectivity index (χ4n) is 2.10. The highest BCUT2D eigenvalue weighted by molar-refractivity contribution is 5.78. The van der Waals surface area contributed by atoms with Gasteiger partial charge >= 0.3 is 5.97 Å². The lowest BCUT2D eigenvalue weighted by molar-refractivity contribution is -0.143. The summed E-state index contributed by atoms with van der Waals surface area (Å²) >= 11 is 0. The van der Waals surface area contributed by atoms with Crippen molar-refractivity contribution in [1.29, 1.82) is 0 Å². The second kappa shape index (κ2) is 6.47. The van der Waals surface area contributed by atoms with Gasteiger partial charge in [-0.15, -0.1) is 0 Å². The van der Waals surface area contributed by atoms with Gasteiger partial charge in [-0.25, -0.2) is 0 Å². The van der Waals surface area contributed by atoms with E-state index in [-0.39, 0.29) is 11.9 Å². The number of carbonyl (C=O) groups is 1. The number of carbonyl (C=O) groups excluding carboxylic acids is 1. The van der Waals surface area contributed by atoms with Gasteiger partial charge in [0.05, 0.1) is 26.2 Å². The maximum absolute atomic E-state index is 11.9. The lowest BCUT2D eigenvalue weighted by atomic mass is 9.99. The summed E-state index contributed by atoms with van der Waals surface area (Å²) in [6, 6.07) is 3.73. The quantitative estimate of drug-likeness (QED) is 0.735. The molecule has 1 fully saturated rings. The Labute approximate surface area is 107 Å². The zero-order valence-corrected chi connectivity index (χ0v) is 10.5. The highest BCUT2D eigenvalue weighted by atomic mass is 16.5. The molecule has 1 saturated heterocycles. The van der Waals surface area contributed by atoms with Crippen molar-refractivity contribution in [1.82, 2.24) is 9.88 Å². The summed E-state index contributed by atoms with van der Waals surface area (Å²) in [6.07, 6.45) is 3.40. The van der Waals surface area contributed by atoms with Crippen molar-refractivity contribution >= 4 is 5.97 Å². The van der Waals surface area contributed by atoms with Crippen LogP contribution in [0.2, 0.25) is 0 Å². The first kappa shape index (κ1) is 13.0. The molecule has 0 radical (unpaired) electrons. The number of morpholine rings is 1. The van der Waals surface area contributed by atoms with Gasteiger partial charge < -0.3 is 9.47 Å². The van der Waals surface area contributed by atoms with Gasteiger partial charge in [0.2, 0.25) is 0 Å². The molecule has 0 amide bonds. The van der Waals surface area contributed by atoms with Gasteiger partial charge in [-0.3, -0.25) is 14.7 Å². The second-order valence-corrected chi connectivity index (χ2v) is 4.27. The Balaban J connectivity index is 2.07. The van der Waals surface area contributed by atoms with E-state index in [0.717, 1.165) is 31.9 Å². The van der Waals surface area contributed by atoms with Gasteiger partial charge in [-0.1, -0.05) is 0 Å². The molecular weight excluding hydrogens is 232 g/mol. The molecule has 0 N–H and O–H groups in total. The minimum absolute atomic E-state index is 0.201. The van der Waals surface area contributed by atoms with Crippen LogP contribution >= 0.6 is 0 Å². The molecule has 2 rings (SSSR count). The smallest absolute Gasteiger partial charge is 0.314 e. The Morgan fingerprint density at radius 1 is 1.44 bits per heavy atom. The molecule has 1 unspecified atom stereocenters. The number of hydrogen-bond acceptors (Lipinski definition) is 5. The number of esters is 1. The van der Waals surface area contributed by atoms with Crippen LogP contribution in [0.1, 0.15) is 11.5 Å². The third-order valence-corrected chi connectivity index (χ3v) is 3.14. The third-order valence-electron chi connectivity index (χ3n) is 3.14. The van der Waals surface area contributed by atoms with Crippen molar-refractivity contribution in [2.24, 2.45) is 0 Å². The zero-order chi connectivity index (χ0) is 12.8. The number of methoxy groups -OCH3 is 1. The molecule has 0 aromatic carbocycles. The molecule has 0 bridgehead atoms. The molecule has 1 aromatic rings. The SMILES string of the molecule is COC(=O)C(CN1CCOCC1)c1ccncc1. The summed E-state index contributed by atoms with van der Waals surface area (Å²) in [5, 5.41) is 0. The summed E-state index contributed by atoms with van der Waals surface area (Å²) in [5.74, 6) is -0.455. The van der Waals surface area contributed by atoms with Crippen molar-refractivity contribution in [3.8, 4) is 0 Å². The molecule has 1 atom stereocenters. The van der Waals surface area contributed by atoms with Crippen LogP contribution in [-0.4, -0.2) is 55.8 Å². The Morgan fingerprint density at radius 2 is 2.11 bits per heavy atom. The molecule has 5 nitrogen and oxygen atoms in total. The average Bonchev–Trinajstić information content (AvgIpc) is 2.46. The van der Waals surface area contributed by atoms with Crippen LogP contribution in [0.3, 0.4) is 0 Å². The van der Waals surface area contributed by atoms with Gasteiger partial charge in [-0.2, -0.15) is 0 Å². The number of nitrogens with zero attached hydrogens (tertiary/aromatic N) is 2. The van der Waals surface area contributed by atoms with E-state index in [1.165, 1.54) is 7.11 Å². The number of ether oxygens (including phenoxy) is 2. The molecule has 5 heteroatoms. The highest BCUT2D eigenvalue weighted by Gasteiger charge is 2.25.